The van der Waals surface area contributed by atoms with E-state index in [4.69, 9.17) is 5.11 Å². The van der Waals surface area contributed by atoms with Gasteiger partial charge in [0, 0.05) is 36.9 Å². The quantitative estimate of drug-likeness (QED) is 0.622. The summed E-state index contributed by atoms with van der Waals surface area (Å²) in [5.74, 6) is 0. The van der Waals surface area contributed by atoms with Crippen molar-refractivity contribution in [2.75, 3.05) is 19.0 Å². The van der Waals surface area contributed by atoms with Crippen molar-refractivity contribution in [1.29, 1.82) is 0 Å². The van der Waals surface area contributed by atoms with E-state index in [0.29, 0.717) is 17.5 Å². The van der Waals surface area contributed by atoms with Crippen molar-refractivity contribution < 1.29 is 10.0 Å². The molecule has 0 aliphatic carbocycles. The van der Waals surface area contributed by atoms with Crippen LogP contribution in [-0.2, 0) is 6.42 Å². The maximum absolute atomic E-state index is 11.1. The molecule has 17 heavy (non-hydrogen) atoms. The molecule has 0 aromatic heterocycles. The molecule has 0 fully saturated rings. The van der Waals surface area contributed by atoms with Gasteiger partial charge in [0.05, 0.1) is 4.92 Å². The Balaban J connectivity index is 3.64. The summed E-state index contributed by atoms with van der Waals surface area (Å²) in [5.41, 5.74) is 4.05. The molecule has 2 N–H and O–H groups in total. The van der Waals surface area contributed by atoms with Gasteiger partial charge in [-0.25, -0.2) is 0 Å². The average Bonchev–Trinajstić information content (AvgIpc) is 2.26. The second kappa shape index (κ2) is 5.14. The van der Waals surface area contributed by atoms with Crippen LogP contribution in [0.15, 0.2) is 0 Å². The summed E-state index contributed by atoms with van der Waals surface area (Å²) in [5, 5.41) is 23.2. The Morgan fingerprint density at radius 2 is 1.82 bits per heavy atom. The summed E-state index contributed by atoms with van der Waals surface area (Å²) < 4.78 is 0. The third-order valence-electron chi connectivity index (χ3n) is 3.20. The zero-order valence-electron chi connectivity index (χ0n) is 10.6. The summed E-state index contributed by atoms with van der Waals surface area (Å²) in [4.78, 5) is 10.8. The molecule has 0 saturated carbocycles. The summed E-state index contributed by atoms with van der Waals surface area (Å²) in [6.07, 6.45) is 0.304. The van der Waals surface area contributed by atoms with E-state index in [-0.39, 0.29) is 17.2 Å². The van der Waals surface area contributed by atoms with Crippen LogP contribution in [0, 0.1) is 30.9 Å². The van der Waals surface area contributed by atoms with E-state index in [2.05, 4.69) is 5.32 Å². The van der Waals surface area contributed by atoms with Gasteiger partial charge in [-0.05, 0) is 31.9 Å². The first-order valence-electron chi connectivity index (χ1n) is 5.51. The van der Waals surface area contributed by atoms with Gasteiger partial charge in [0.1, 0.15) is 0 Å². The topological polar surface area (TPSA) is 75.4 Å². The fourth-order valence-electron chi connectivity index (χ4n) is 2.24. The fourth-order valence-corrected chi connectivity index (χ4v) is 2.24. The van der Waals surface area contributed by atoms with Crippen LogP contribution in [0.25, 0.3) is 0 Å². The monoisotopic (exact) mass is 238 g/mol. The van der Waals surface area contributed by atoms with Gasteiger partial charge >= 0.3 is 0 Å². The van der Waals surface area contributed by atoms with Crippen molar-refractivity contribution >= 4 is 11.4 Å². The molecule has 0 atom stereocenters. The summed E-state index contributed by atoms with van der Waals surface area (Å²) in [7, 11) is 1.79. The molecule has 1 aromatic rings. The van der Waals surface area contributed by atoms with Crippen LogP contribution in [0.2, 0.25) is 0 Å². The Bertz CT molecular complexity index is 456. The number of anilines is 1. The van der Waals surface area contributed by atoms with Crippen molar-refractivity contribution in [2.24, 2.45) is 0 Å². The summed E-state index contributed by atoms with van der Waals surface area (Å²) in [6.45, 7) is 5.36. The molecule has 0 saturated heterocycles. The van der Waals surface area contributed by atoms with E-state index in [1.54, 1.807) is 14.0 Å². The summed E-state index contributed by atoms with van der Waals surface area (Å²) in [6, 6.07) is 0. The molecule has 1 rings (SSSR count). The van der Waals surface area contributed by atoms with Gasteiger partial charge in [-0.3, -0.25) is 10.1 Å². The minimum absolute atomic E-state index is 0.0899. The molecule has 0 heterocycles. The molecule has 0 aliphatic rings. The Morgan fingerprint density at radius 1 is 1.24 bits per heavy atom. The summed E-state index contributed by atoms with van der Waals surface area (Å²) >= 11 is 0. The number of nitro benzene ring substituents is 1. The van der Waals surface area contributed by atoms with E-state index < -0.39 is 0 Å². The van der Waals surface area contributed by atoms with Gasteiger partial charge in [-0.2, -0.15) is 0 Å². The Hall–Kier alpha value is -1.62. The fraction of sp³-hybridized carbons (Fsp3) is 0.500. The third-order valence-corrected chi connectivity index (χ3v) is 3.20. The average molecular weight is 238 g/mol. The molecular formula is C12H18N2O3. The zero-order valence-corrected chi connectivity index (χ0v) is 10.6. The highest BCUT2D eigenvalue weighted by Gasteiger charge is 2.24. The van der Waals surface area contributed by atoms with Gasteiger partial charge in [-0.15, -0.1) is 0 Å². The van der Waals surface area contributed by atoms with Crippen molar-refractivity contribution in [1.82, 2.24) is 0 Å². The lowest BCUT2D eigenvalue weighted by atomic mass is 9.93. The second-order valence-electron chi connectivity index (χ2n) is 4.06. The number of nitro groups is 1. The van der Waals surface area contributed by atoms with E-state index in [1.165, 1.54) is 0 Å². The van der Waals surface area contributed by atoms with E-state index in [9.17, 15) is 10.1 Å². The van der Waals surface area contributed by atoms with Gasteiger partial charge in [-0.1, -0.05) is 0 Å². The lowest BCUT2D eigenvalue weighted by Gasteiger charge is -2.16. The number of hydrogen-bond donors (Lipinski definition) is 2. The Morgan fingerprint density at radius 3 is 2.24 bits per heavy atom. The van der Waals surface area contributed by atoms with Gasteiger partial charge in [0.15, 0.2) is 0 Å². The molecular weight excluding hydrogens is 220 g/mol. The number of aliphatic hydroxyl groups excluding tert-OH is 1. The molecule has 0 radical (unpaired) electrons. The lowest BCUT2D eigenvalue weighted by molar-refractivity contribution is -0.386. The number of nitrogens with one attached hydrogen (secondary N) is 1. The minimum Gasteiger partial charge on any atom is -0.396 e. The van der Waals surface area contributed by atoms with Crippen molar-refractivity contribution in [2.45, 2.75) is 27.2 Å². The lowest BCUT2D eigenvalue weighted by Crippen LogP contribution is -2.08. The van der Waals surface area contributed by atoms with Crippen LogP contribution in [0.5, 0.6) is 0 Å². The number of rotatable bonds is 4. The van der Waals surface area contributed by atoms with Crippen LogP contribution >= 0.6 is 0 Å². The smallest absolute Gasteiger partial charge is 0.276 e. The van der Waals surface area contributed by atoms with Gasteiger partial charge in [0.25, 0.3) is 5.69 Å². The van der Waals surface area contributed by atoms with Gasteiger partial charge < -0.3 is 10.4 Å². The van der Waals surface area contributed by atoms with Crippen LogP contribution in [0.4, 0.5) is 11.4 Å². The van der Waals surface area contributed by atoms with Crippen LogP contribution in [0.1, 0.15) is 22.3 Å². The van der Waals surface area contributed by atoms with Crippen LogP contribution in [0.3, 0.4) is 0 Å². The molecule has 0 aliphatic heterocycles. The molecule has 0 unspecified atom stereocenters. The van der Waals surface area contributed by atoms with E-state index in [0.717, 1.165) is 16.8 Å². The predicted molar refractivity (Wildman–Crippen MR) is 67.6 cm³/mol. The van der Waals surface area contributed by atoms with Crippen molar-refractivity contribution in [3.63, 3.8) is 0 Å². The standard InChI is InChI=1S/C12H18N2O3/c1-7-8(2)12(14(16)17)10(5-6-15)9(3)11(7)13-4/h13,15H,5-6H2,1-4H3. The molecule has 5 heteroatoms. The van der Waals surface area contributed by atoms with E-state index in [1.807, 2.05) is 13.8 Å². The van der Waals surface area contributed by atoms with Crippen molar-refractivity contribution in [3.8, 4) is 0 Å². The van der Waals surface area contributed by atoms with Crippen LogP contribution in [-0.4, -0.2) is 23.7 Å². The molecule has 0 amide bonds. The largest absolute Gasteiger partial charge is 0.396 e. The second-order valence-corrected chi connectivity index (χ2v) is 4.06. The molecule has 0 bridgehead atoms. The molecule has 1 aromatic carbocycles. The zero-order chi connectivity index (χ0) is 13.2. The maximum atomic E-state index is 11.1. The number of hydrogen-bond acceptors (Lipinski definition) is 4. The molecule has 0 spiro atoms. The third kappa shape index (κ3) is 2.24. The molecule has 5 nitrogen and oxygen atoms in total. The maximum Gasteiger partial charge on any atom is 0.276 e. The molecule has 94 valence electrons. The van der Waals surface area contributed by atoms with Gasteiger partial charge in [0.2, 0.25) is 0 Å². The number of benzene rings is 1. The normalized spacial score (nSPS) is 10.4. The first-order chi connectivity index (χ1) is 7.95. The predicted octanol–water partition coefficient (Wildman–Crippen LogP) is 2.10. The SMILES string of the molecule is CNc1c(C)c(C)c([N+](=O)[O-])c(CCO)c1C. The Kier molecular flexibility index (Phi) is 4.07. The highest BCUT2D eigenvalue weighted by atomic mass is 16.6. The van der Waals surface area contributed by atoms with E-state index >= 15 is 0 Å². The number of nitrogens with zero attached hydrogens (tertiary/aromatic N) is 1. The highest BCUT2D eigenvalue weighted by molar-refractivity contribution is 5.69. The number of aliphatic hydroxyl groups is 1. The van der Waals surface area contributed by atoms with Crippen LogP contribution < -0.4 is 5.32 Å². The first-order valence-corrected chi connectivity index (χ1v) is 5.51. The van der Waals surface area contributed by atoms with Crippen molar-refractivity contribution in [3.05, 3.63) is 32.4 Å². The Labute approximate surface area is 101 Å². The minimum atomic E-state index is -0.361. The highest BCUT2D eigenvalue weighted by Crippen LogP contribution is 2.35. The first kappa shape index (κ1) is 13.4.